The summed E-state index contributed by atoms with van der Waals surface area (Å²) in [5.41, 5.74) is 1.12. The molecule has 1 unspecified atom stereocenters. The van der Waals surface area contributed by atoms with Crippen LogP contribution in [0.3, 0.4) is 0 Å². The van der Waals surface area contributed by atoms with E-state index in [4.69, 9.17) is 4.74 Å². The zero-order chi connectivity index (χ0) is 17.0. The Labute approximate surface area is 145 Å². The van der Waals surface area contributed by atoms with Crippen LogP contribution in [0, 0.1) is 5.92 Å². The minimum atomic E-state index is -0.533. The molecule has 1 aliphatic rings. The van der Waals surface area contributed by atoms with E-state index in [-0.39, 0.29) is 5.91 Å². The maximum Gasteiger partial charge on any atom is 0.412 e. The van der Waals surface area contributed by atoms with Gasteiger partial charge in [0.2, 0.25) is 5.91 Å². The zero-order valence-corrected chi connectivity index (χ0v) is 15.4. The molecule has 0 radical (unpaired) electrons. The first-order chi connectivity index (χ1) is 10.8. The predicted octanol–water partition coefficient (Wildman–Crippen LogP) is 3.78. The molecule has 1 N–H and O–H groups in total. The van der Waals surface area contributed by atoms with Gasteiger partial charge in [0.15, 0.2) is 0 Å². The molecule has 0 aromatic heterocycles. The summed E-state index contributed by atoms with van der Waals surface area (Å²) in [6, 6.07) is 7.50. The molecule has 0 bridgehead atoms. The zero-order valence-electron chi connectivity index (χ0n) is 13.8. The normalized spacial score (nSPS) is 18.2. The van der Waals surface area contributed by atoms with Crippen LogP contribution in [0.2, 0.25) is 0 Å². The first kappa shape index (κ1) is 17.8. The molecular weight excluding hydrogens is 360 g/mol. The van der Waals surface area contributed by atoms with Crippen LogP contribution in [0.4, 0.5) is 10.5 Å². The summed E-state index contributed by atoms with van der Waals surface area (Å²) in [6.45, 7) is 6.80. The Morgan fingerprint density at radius 1 is 1.43 bits per heavy atom. The second-order valence-corrected chi connectivity index (χ2v) is 7.47. The van der Waals surface area contributed by atoms with E-state index in [2.05, 4.69) is 21.2 Å². The number of rotatable bonds is 4. The molecule has 1 aliphatic heterocycles. The monoisotopic (exact) mass is 382 g/mol. The highest BCUT2D eigenvalue weighted by Crippen LogP contribution is 2.22. The fraction of sp³-hybridized carbons (Fsp3) is 0.529. The number of benzene rings is 1. The number of carbonyl (C=O) groups is 2. The van der Waals surface area contributed by atoms with Gasteiger partial charge in [0, 0.05) is 30.5 Å². The number of hydrogen-bond donors (Lipinski definition) is 1. The van der Waals surface area contributed by atoms with Crippen molar-refractivity contribution in [2.24, 2.45) is 5.92 Å². The van der Waals surface area contributed by atoms with Gasteiger partial charge in [0.25, 0.3) is 0 Å². The van der Waals surface area contributed by atoms with E-state index in [0.29, 0.717) is 24.6 Å². The van der Waals surface area contributed by atoms with Gasteiger partial charge in [-0.2, -0.15) is 0 Å². The molecule has 1 saturated heterocycles. The van der Waals surface area contributed by atoms with Gasteiger partial charge < -0.3 is 9.64 Å². The Balaban J connectivity index is 1.97. The summed E-state index contributed by atoms with van der Waals surface area (Å²) in [5.74, 6) is 0.561. The van der Waals surface area contributed by atoms with Crippen LogP contribution >= 0.6 is 15.9 Å². The fourth-order valence-electron chi connectivity index (χ4n) is 2.50. The van der Waals surface area contributed by atoms with Crippen LogP contribution in [-0.4, -0.2) is 34.4 Å². The van der Waals surface area contributed by atoms with Crippen LogP contribution in [0.5, 0.6) is 0 Å². The van der Waals surface area contributed by atoms with Crippen LogP contribution < -0.4 is 5.32 Å². The molecule has 126 valence electrons. The van der Waals surface area contributed by atoms with E-state index >= 15 is 0 Å². The molecule has 5 nitrogen and oxygen atoms in total. The molecule has 1 atom stereocenters. The van der Waals surface area contributed by atoms with Crippen molar-refractivity contribution < 1.29 is 14.3 Å². The average Bonchev–Trinajstić information content (AvgIpc) is 2.77. The van der Waals surface area contributed by atoms with Gasteiger partial charge in [-0.25, -0.2) is 4.79 Å². The van der Waals surface area contributed by atoms with Gasteiger partial charge in [-0.05, 0) is 44.4 Å². The number of likely N-dealkylation sites (tertiary alicyclic amines) is 1. The number of nitrogens with one attached hydrogen (secondary N) is 1. The number of nitrogens with zero attached hydrogens (tertiary/aromatic N) is 1. The van der Waals surface area contributed by atoms with Crippen LogP contribution in [0.1, 0.15) is 32.8 Å². The Morgan fingerprint density at radius 2 is 2.17 bits per heavy atom. The van der Waals surface area contributed by atoms with E-state index in [1.807, 2.05) is 43.9 Å². The van der Waals surface area contributed by atoms with E-state index in [1.165, 1.54) is 0 Å². The van der Waals surface area contributed by atoms with Gasteiger partial charge in [0.1, 0.15) is 5.60 Å². The quantitative estimate of drug-likeness (QED) is 0.806. The Hall–Kier alpha value is -1.56. The van der Waals surface area contributed by atoms with E-state index in [0.717, 1.165) is 17.4 Å². The van der Waals surface area contributed by atoms with Crippen LogP contribution in [0.25, 0.3) is 0 Å². The number of halogens is 1. The molecule has 2 amide bonds. The molecule has 1 fully saturated rings. The summed E-state index contributed by atoms with van der Waals surface area (Å²) in [5, 5.41) is 3.57. The second kappa shape index (κ2) is 7.34. The summed E-state index contributed by atoms with van der Waals surface area (Å²) in [7, 11) is 0. The van der Waals surface area contributed by atoms with Gasteiger partial charge in [-0.15, -0.1) is 0 Å². The Morgan fingerprint density at radius 3 is 2.78 bits per heavy atom. The van der Waals surface area contributed by atoms with Crippen LogP contribution in [0.15, 0.2) is 24.3 Å². The first-order valence-corrected chi connectivity index (χ1v) is 8.81. The number of amides is 2. The standard InChI is InChI=1S/C17H23BrN2O3/c1-17(2,3)23-16(22)19-14-6-4-5-12(7-14)10-20-11-13(9-18)8-15(20)21/h4-7,13H,8-11H2,1-3H3,(H,19,22). The third-order valence-electron chi connectivity index (χ3n) is 3.46. The first-order valence-electron chi connectivity index (χ1n) is 7.69. The number of anilines is 1. The lowest BCUT2D eigenvalue weighted by Gasteiger charge is -2.20. The number of carbonyl (C=O) groups excluding carboxylic acids is 2. The maximum absolute atomic E-state index is 12.0. The molecule has 1 aromatic rings. The van der Waals surface area contributed by atoms with Crippen molar-refractivity contribution in [3.63, 3.8) is 0 Å². The molecule has 0 saturated carbocycles. The molecule has 23 heavy (non-hydrogen) atoms. The minimum Gasteiger partial charge on any atom is -0.444 e. The number of ether oxygens (including phenoxy) is 1. The summed E-state index contributed by atoms with van der Waals surface area (Å²) in [6.07, 6.45) is 0.118. The topological polar surface area (TPSA) is 58.6 Å². The molecule has 6 heteroatoms. The smallest absolute Gasteiger partial charge is 0.412 e. The third kappa shape index (κ3) is 5.53. The van der Waals surface area contributed by atoms with Gasteiger partial charge in [-0.1, -0.05) is 28.1 Å². The van der Waals surface area contributed by atoms with Gasteiger partial charge >= 0.3 is 6.09 Å². The lowest BCUT2D eigenvalue weighted by Crippen LogP contribution is -2.27. The lowest BCUT2D eigenvalue weighted by atomic mass is 10.1. The Kier molecular flexibility index (Phi) is 5.68. The van der Waals surface area contributed by atoms with E-state index in [9.17, 15) is 9.59 Å². The highest BCUT2D eigenvalue weighted by atomic mass is 79.9. The summed E-state index contributed by atoms with van der Waals surface area (Å²) >= 11 is 3.44. The van der Waals surface area contributed by atoms with Crippen molar-refractivity contribution in [2.45, 2.75) is 39.3 Å². The molecule has 0 spiro atoms. The van der Waals surface area contributed by atoms with Crippen molar-refractivity contribution in [2.75, 3.05) is 17.2 Å². The van der Waals surface area contributed by atoms with Crippen molar-refractivity contribution >= 4 is 33.6 Å². The largest absolute Gasteiger partial charge is 0.444 e. The van der Waals surface area contributed by atoms with Crippen molar-refractivity contribution in [1.29, 1.82) is 0 Å². The molecule has 2 rings (SSSR count). The average molecular weight is 383 g/mol. The van der Waals surface area contributed by atoms with Crippen molar-refractivity contribution in [1.82, 2.24) is 4.90 Å². The lowest BCUT2D eigenvalue weighted by molar-refractivity contribution is -0.128. The predicted molar refractivity (Wildman–Crippen MR) is 93.6 cm³/mol. The summed E-state index contributed by atoms with van der Waals surface area (Å²) in [4.78, 5) is 25.7. The van der Waals surface area contributed by atoms with Gasteiger partial charge in [0.05, 0.1) is 0 Å². The highest BCUT2D eigenvalue weighted by molar-refractivity contribution is 9.09. The van der Waals surface area contributed by atoms with Gasteiger partial charge in [-0.3, -0.25) is 10.1 Å². The SMILES string of the molecule is CC(C)(C)OC(=O)Nc1cccc(CN2CC(CBr)CC2=O)c1. The van der Waals surface area contributed by atoms with Crippen molar-refractivity contribution in [3.05, 3.63) is 29.8 Å². The van der Waals surface area contributed by atoms with E-state index < -0.39 is 11.7 Å². The second-order valence-electron chi connectivity index (χ2n) is 6.83. The fourth-order valence-corrected chi connectivity index (χ4v) is 2.93. The Bertz CT molecular complexity index is 583. The third-order valence-corrected chi connectivity index (χ3v) is 4.37. The van der Waals surface area contributed by atoms with Crippen LogP contribution in [-0.2, 0) is 16.1 Å². The molecule has 0 aliphatic carbocycles. The molecular formula is C17H23BrN2O3. The number of hydrogen-bond acceptors (Lipinski definition) is 3. The molecule has 1 heterocycles. The maximum atomic E-state index is 12.0. The highest BCUT2D eigenvalue weighted by Gasteiger charge is 2.28. The summed E-state index contributed by atoms with van der Waals surface area (Å²) < 4.78 is 5.24. The minimum absolute atomic E-state index is 0.181. The number of alkyl halides is 1. The molecule has 1 aromatic carbocycles. The van der Waals surface area contributed by atoms with E-state index in [1.54, 1.807) is 6.07 Å². The van der Waals surface area contributed by atoms with Crippen molar-refractivity contribution in [3.8, 4) is 0 Å².